The summed E-state index contributed by atoms with van der Waals surface area (Å²) in [5, 5.41) is 8.72. The third-order valence-corrected chi connectivity index (χ3v) is 3.26. The molecular formula is C14H12N4O5. The number of rotatable bonds is 4. The standard InChI is InChI=1S/C14H12N4O5/c1-8-4-9-11(5-10(8)17-3-2-15-7-17)18(23-6-12(19)20)14(22)13(21)16-9/h2-5,7H,6H2,1H3,(H,16,21)(H,19,20). The lowest BCUT2D eigenvalue weighted by atomic mass is 10.1. The maximum Gasteiger partial charge on any atom is 0.349 e. The first kappa shape index (κ1) is 14.6. The Hall–Kier alpha value is -3.36. The maximum atomic E-state index is 12.0. The number of carboxylic acid groups (broad SMARTS) is 1. The number of H-pyrrole nitrogens is 1. The lowest BCUT2D eigenvalue weighted by Gasteiger charge is -2.13. The Morgan fingerprint density at radius 2 is 2.17 bits per heavy atom. The number of hydrogen-bond acceptors (Lipinski definition) is 5. The molecule has 118 valence electrons. The molecule has 2 N–H and O–H groups in total. The molecule has 0 saturated heterocycles. The average Bonchev–Trinajstić information content (AvgIpc) is 3.01. The van der Waals surface area contributed by atoms with Crippen LogP contribution in [0.15, 0.2) is 40.4 Å². The third kappa shape index (κ3) is 2.59. The van der Waals surface area contributed by atoms with E-state index < -0.39 is 23.7 Å². The molecule has 3 aromatic rings. The van der Waals surface area contributed by atoms with Gasteiger partial charge in [-0.1, -0.05) is 0 Å². The number of nitrogens with zero attached hydrogens (tertiary/aromatic N) is 3. The Balaban J connectivity index is 2.29. The first-order valence-corrected chi connectivity index (χ1v) is 6.60. The van der Waals surface area contributed by atoms with Gasteiger partial charge in [0.1, 0.15) is 5.52 Å². The number of hydrogen-bond donors (Lipinski definition) is 2. The Morgan fingerprint density at radius 1 is 1.39 bits per heavy atom. The van der Waals surface area contributed by atoms with E-state index in [1.165, 1.54) is 0 Å². The maximum absolute atomic E-state index is 12.0. The highest BCUT2D eigenvalue weighted by Crippen LogP contribution is 2.19. The first-order chi connectivity index (χ1) is 11.0. The van der Waals surface area contributed by atoms with E-state index in [-0.39, 0.29) is 5.52 Å². The molecule has 0 bridgehead atoms. The summed E-state index contributed by atoms with van der Waals surface area (Å²) in [4.78, 5) is 45.7. The predicted molar refractivity (Wildman–Crippen MR) is 79.8 cm³/mol. The molecule has 1 aromatic carbocycles. The van der Waals surface area contributed by atoms with Crippen LogP contribution in [0.3, 0.4) is 0 Å². The smallest absolute Gasteiger partial charge is 0.349 e. The normalized spacial score (nSPS) is 10.8. The minimum absolute atomic E-state index is 0.255. The Bertz CT molecular complexity index is 1000. The minimum atomic E-state index is -1.26. The van der Waals surface area contributed by atoms with E-state index in [1.54, 1.807) is 35.4 Å². The number of aliphatic carboxylic acids is 1. The number of aromatic nitrogens is 4. The summed E-state index contributed by atoms with van der Waals surface area (Å²) in [5.41, 5.74) is 0.284. The molecule has 0 aliphatic heterocycles. The van der Waals surface area contributed by atoms with Crippen molar-refractivity contribution >= 4 is 17.0 Å². The zero-order valence-corrected chi connectivity index (χ0v) is 12.0. The quantitative estimate of drug-likeness (QED) is 0.638. The van der Waals surface area contributed by atoms with Crippen molar-refractivity contribution in [3.8, 4) is 5.69 Å². The average molecular weight is 316 g/mol. The summed E-state index contributed by atoms with van der Waals surface area (Å²) in [6, 6.07) is 3.29. The van der Waals surface area contributed by atoms with Gasteiger partial charge in [-0.3, -0.25) is 9.59 Å². The molecular weight excluding hydrogens is 304 g/mol. The molecule has 0 spiro atoms. The molecule has 0 unspecified atom stereocenters. The molecule has 3 rings (SSSR count). The Kier molecular flexibility index (Phi) is 3.45. The Morgan fingerprint density at radius 3 is 2.83 bits per heavy atom. The van der Waals surface area contributed by atoms with E-state index in [0.717, 1.165) is 5.56 Å². The largest absolute Gasteiger partial charge is 0.479 e. The van der Waals surface area contributed by atoms with Gasteiger partial charge in [-0.05, 0) is 24.6 Å². The van der Waals surface area contributed by atoms with E-state index in [4.69, 9.17) is 9.94 Å². The minimum Gasteiger partial charge on any atom is -0.479 e. The monoisotopic (exact) mass is 316 g/mol. The van der Waals surface area contributed by atoms with E-state index in [0.29, 0.717) is 15.9 Å². The van der Waals surface area contributed by atoms with Gasteiger partial charge in [-0.2, -0.15) is 0 Å². The lowest BCUT2D eigenvalue weighted by Crippen LogP contribution is -2.40. The van der Waals surface area contributed by atoms with Crippen LogP contribution in [-0.2, 0) is 4.79 Å². The van der Waals surface area contributed by atoms with Gasteiger partial charge in [-0.15, -0.1) is 4.73 Å². The molecule has 9 nitrogen and oxygen atoms in total. The van der Waals surface area contributed by atoms with Crippen molar-refractivity contribution in [3.63, 3.8) is 0 Å². The zero-order valence-electron chi connectivity index (χ0n) is 12.0. The second-order valence-corrected chi connectivity index (χ2v) is 4.85. The number of carbonyl (C=O) groups is 1. The van der Waals surface area contributed by atoms with Crippen molar-refractivity contribution in [1.82, 2.24) is 19.3 Å². The number of benzene rings is 1. The van der Waals surface area contributed by atoms with Crippen LogP contribution >= 0.6 is 0 Å². The molecule has 0 aliphatic rings. The van der Waals surface area contributed by atoms with Crippen LogP contribution in [0.1, 0.15) is 5.56 Å². The summed E-state index contributed by atoms with van der Waals surface area (Å²) < 4.78 is 2.42. The van der Waals surface area contributed by atoms with E-state index in [2.05, 4.69) is 9.97 Å². The molecule has 0 saturated carbocycles. The summed E-state index contributed by atoms with van der Waals surface area (Å²) in [6.07, 6.45) is 4.91. The summed E-state index contributed by atoms with van der Waals surface area (Å²) in [7, 11) is 0. The SMILES string of the molecule is Cc1cc2[nH]c(=O)c(=O)n(OCC(=O)O)c2cc1-n1ccnc1. The van der Waals surface area contributed by atoms with Gasteiger partial charge in [0.2, 0.25) is 6.61 Å². The molecule has 23 heavy (non-hydrogen) atoms. The molecule has 0 amide bonds. The van der Waals surface area contributed by atoms with Crippen LogP contribution < -0.4 is 16.0 Å². The van der Waals surface area contributed by atoms with Crippen molar-refractivity contribution in [2.75, 3.05) is 6.61 Å². The van der Waals surface area contributed by atoms with Crippen molar-refractivity contribution in [3.05, 3.63) is 57.1 Å². The molecule has 9 heteroatoms. The second-order valence-electron chi connectivity index (χ2n) is 4.85. The highest BCUT2D eigenvalue weighted by Gasteiger charge is 2.13. The van der Waals surface area contributed by atoms with Crippen molar-refractivity contribution in [2.45, 2.75) is 6.92 Å². The third-order valence-electron chi connectivity index (χ3n) is 3.26. The first-order valence-electron chi connectivity index (χ1n) is 6.60. The fraction of sp³-hybridized carbons (Fsp3) is 0.143. The fourth-order valence-electron chi connectivity index (χ4n) is 2.26. The van der Waals surface area contributed by atoms with Crippen molar-refractivity contribution in [2.24, 2.45) is 0 Å². The number of nitrogens with one attached hydrogen (secondary N) is 1. The van der Waals surface area contributed by atoms with Gasteiger partial charge in [-0.25, -0.2) is 9.78 Å². The second kappa shape index (κ2) is 5.44. The van der Waals surface area contributed by atoms with E-state index >= 15 is 0 Å². The van der Waals surface area contributed by atoms with Crippen molar-refractivity contribution in [1.29, 1.82) is 0 Å². The van der Waals surface area contributed by atoms with Crippen LogP contribution in [0, 0.1) is 6.92 Å². The number of aryl methyl sites for hydroxylation is 1. The summed E-state index contributed by atoms with van der Waals surface area (Å²) in [5.74, 6) is -1.26. The van der Waals surface area contributed by atoms with Gasteiger partial charge in [0.05, 0.1) is 17.5 Å². The van der Waals surface area contributed by atoms with Gasteiger partial charge < -0.3 is 19.5 Å². The number of imidazole rings is 1. The summed E-state index contributed by atoms with van der Waals surface area (Å²) >= 11 is 0. The molecule has 0 fully saturated rings. The van der Waals surface area contributed by atoms with Gasteiger partial charge in [0.25, 0.3) is 0 Å². The van der Waals surface area contributed by atoms with Crippen LogP contribution in [0.25, 0.3) is 16.7 Å². The van der Waals surface area contributed by atoms with Crippen LogP contribution in [0.2, 0.25) is 0 Å². The van der Waals surface area contributed by atoms with Crippen LogP contribution in [0.4, 0.5) is 0 Å². The van der Waals surface area contributed by atoms with E-state index in [9.17, 15) is 14.4 Å². The highest BCUT2D eigenvalue weighted by molar-refractivity contribution is 5.78. The molecule has 0 atom stereocenters. The summed E-state index contributed by atoms with van der Waals surface area (Å²) in [6.45, 7) is 1.09. The number of aromatic amines is 1. The molecule has 2 heterocycles. The molecule has 0 radical (unpaired) electrons. The lowest BCUT2D eigenvalue weighted by molar-refractivity contribution is -0.142. The number of carboxylic acids is 1. The topological polar surface area (TPSA) is 119 Å². The van der Waals surface area contributed by atoms with Crippen LogP contribution in [0.5, 0.6) is 0 Å². The van der Waals surface area contributed by atoms with Gasteiger partial charge >= 0.3 is 17.1 Å². The van der Waals surface area contributed by atoms with Gasteiger partial charge in [0.15, 0.2) is 0 Å². The zero-order chi connectivity index (χ0) is 16.6. The van der Waals surface area contributed by atoms with Crippen LogP contribution in [-0.4, -0.2) is 36.9 Å². The predicted octanol–water partition coefficient (Wildman–Crippen LogP) is -0.303. The highest BCUT2D eigenvalue weighted by atomic mass is 16.7. The molecule has 2 aromatic heterocycles. The van der Waals surface area contributed by atoms with Crippen molar-refractivity contribution < 1.29 is 14.7 Å². The molecule has 0 aliphatic carbocycles. The number of fused-ring (bicyclic) bond motifs is 1. The Labute approximate surface area is 128 Å². The van der Waals surface area contributed by atoms with Gasteiger partial charge in [0, 0.05) is 12.4 Å². The van der Waals surface area contributed by atoms with E-state index in [1.807, 2.05) is 6.92 Å². The fourth-order valence-corrected chi connectivity index (χ4v) is 2.26.